The predicted octanol–water partition coefficient (Wildman–Crippen LogP) is 6.00. The molecule has 26 heavy (non-hydrogen) atoms. The maximum atomic E-state index is 12.4. The molecule has 2 N–H and O–H groups in total. The van der Waals surface area contributed by atoms with E-state index in [0.29, 0.717) is 26.8 Å². The third-order valence-electron chi connectivity index (χ3n) is 4.27. The maximum absolute atomic E-state index is 12.4. The van der Waals surface area contributed by atoms with Crippen molar-refractivity contribution in [2.45, 2.75) is 19.3 Å². The number of carbonyl (C=O) groups is 1. The van der Waals surface area contributed by atoms with E-state index in [9.17, 15) is 4.79 Å². The fourth-order valence-corrected chi connectivity index (χ4v) is 3.31. The highest BCUT2D eigenvalue weighted by molar-refractivity contribution is 7.71. The molecule has 1 unspecified atom stereocenters. The fraction of sp³-hybridized carbons (Fsp3) is 0.143. The van der Waals surface area contributed by atoms with Gasteiger partial charge in [-0.3, -0.25) is 4.79 Å². The van der Waals surface area contributed by atoms with Crippen LogP contribution in [0.15, 0.2) is 66.9 Å². The summed E-state index contributed by atoms with van der Waals surface area (Å²) in [7, 11) is 0. The molecule has 3 rings (SSSR count). The summed E-state index contributed by atoms with van der Waals surface area (Å²) in [5.41, 5.74) is 3.41. The molecule has 0 aliphatic heterocycles. The normalized spacial score (nSPS) is 11.8. The van der Waals surface area contributed by atoms with E-state index in [4.69, 9.17) is 23.8 Å². The Morgan fingerprint density at radius 3 is 2.62 bits per heavy atom. The highest BCUT2D eigenvalue weighted by atomic mass is 35.5. The second-order valence-corrected chi connectivity index (χ2v) is 7.00. The molecular formula is C21H19ClN2OS. The number of pyridine rings is 1. The Bertz CT molecular complexity index is 969. The van der Waals surface area contributed by atoms with Crippen LogP contribution in [0, 0.1) is 4.64 Å². The Kier molecular flexibility index (Phi) is 5.86. The predicted molar refractivity (Wildman–Crippen MR) is 110 cm³/mol. The van der Waals surface area contributed by atoms with Crippen molar-refractivity contribution in [1.29, 1.82) is 0 Å². The Morgan fingerprint density at radius 2 is 1.92 bits per heavy atom. The SMILES string of the molecule is CC(Cc1ccc(NC(=O)c2ccc[nH]c2=S)cc1Cl)c1ccccc1. The first-order valence-electron chi connectivity index (χ1n) is 8.37. The Balaban J connectivity index is 1.72. The van der Waals surface area contributed by atoms with Gasteiger partial charge in [-0.25, -0.2) is 0 Å². The molecule has 3 aromatic rings. The van der Waals surface area contributed by atoms with Gasteiger partial charge in [0.2, 0.25) is 0 Å². The van der Waals surface area contributed by atoms with Gasteiger partial charge < -0.3 is 10.3 Å². The van der Waals surface area contributed by atoms with Crippen LogP contribution in [0.3, 0.4) is 0 Å². The molecule has 1 atom stereocenters. The van der Waals surface area contributed by atoms with Crippen molar-refractivity contribution in [1.82, 2.24) is 4.98 Å². The molecule has 0 spiro atoms. The lowest BCUT2D eigenvalue weighted by atomic mass is 9.94. The number of nitrogens with one attached hydrogen (secondary N) is 2. The van der Waals surface area contributed by atoms with E-state index >= 15 is 0 Å². The molecule has 0 bridgehead atoms. The zero-order chi connectivity index (χ0) is 18.5. The van der Waals surface area contributed by atoms with E-state index in [2.05, 4.69) is 29.4 Å². The molecule has 0 aliphatic rings. The molecule has 0 radical (unpaired) electrons. The molecule has 0 saturated carbocycles. The third kappa shape index (κ3) is 4.40. The van der Waals surface area contributed by atoms with Crippen LogP contribution in [-0.4, -0.2) is 10.9 Å². The zero-order valence-corrected chi connectivity index (χ0v) is 15.9. The molecule has 0 aliphatic carbocycles. The Morgan fingerprint density at radius 1 is 1.15 bits per heavy atom. The number of rotatable bonds is 5. The third-order valence-corrected chi connectivity index (χ3v) is 4.96. The van der Waals surface area contributed by atoms with Gasteiger partial charge in [-0.1, -0.05) is 67.1 Å². The quantitative estimate of drug-likeness (QED) is 0.532. The minimum Gasteiger partial charge on any atom is -0.352 e. The smallest absolute Gasteiger partial charge is 0.258 e. The standard InChI is InChI=1S/C21H19ClN2OS/c1-14(15-6-3-2-4-7-15)12-16-9-10-17(13-19(16)22)24-20(25)18-8-5-11-23-21(18)26/h2-11,13-14H,12H2,1H3,(H,23,26)(H,24,25). The highest BCUT2D eigenvalue weighted by Crippen LogP contribution is 2.27. The van der Waals surface area contributed by atoms with Crippen molar-refractivity contribution in [2.24, 2.45) is 0 Å². The number of halogens is 1. The van der Waals surface area contributed by atoms with Gasteiger partial charge in [0.05, 0.1) is 5.56 Å². The molecule has 0 saturated heterocycles. The molecule has 5 heteroatoms. The van der Waals surface area contributed by atoms with Gasteiger partial charge in [-0.2, -0.15) is 0 Å². The second-order valence-electron chi connectivity index (χ2n) is 6.19. The number of aromatic amines is 1. The van der Waals surface area contributed by atoms with Gasteiger partial charge in [-0.05, 0) is 47.7 Å². The summed E-state index contributed by atoms with van der Waals surface area (Å²) in [6, 6.07) is 19.4. The molecule has 3 nitrogen and oxygen atoms in total. The molecule has 1 amide bonds. The van der Waals surface area contributed by atoms with E-state index in [-0.39, 0.29) is 5.91 Å². The van der Waals surface area contributed by atoms with Crippen molar-refractivity contribution >= 4 is 35.4 Å². The van der Waals surface area contributed by atoms with Crippen LogP contribution in [0.4, 0.5) is 5.69 Å². The topological polar surface area (TPSA) is 44.9 Å². The van der Waals surface area contributed by atoms with Gasteiger partial charge in [0.1, 0.15) is 4.64 Å². The average Bonchev–Trinajstić information content (AvgIpc) is 2.65. The van der Waals surface area contributed by atoms with Gasteiger partial charge in [-0.15, -0.1) is 0 Å². The summed E-state index contributed by atoms with van der Waals surface area (Å²) in [6.45, 7) is 2.18. The molecule has 132 valence electrons. The lowest BCUT2D eigenvalue weighted by Crippen LogP contribution is -2.13. The van der Waals surface area contributed by atoms with Crippen LogP contribution in [0.2, 0.25) is 5.02 Å². The zero-order valence-electron chi connectivity index (χ0n) is 14.3. The van der Waals surface area contributed by atoms with Crippen molar-refractivity contribution < 1.29 is 4.79 Å². The lowest BCUT2D eigenvalue weighted by molar-refractivity contribution is 0.102. The van der Waals surface area contributed by atoms with E-state index in [1.165, 1.54) is 5.56 Å². The largest absolute Gasteiger partial charge is 0.352 e. The monoisotopic (exact) mass is 382 g/mol. The van der Waals surface area contributed by atoms with Crippen LogP contribution < -0.4 is 5.32 Å². The van der Waals surface area contributed by atoms with Crippen molar-refractivity contribution in [2.75, 3.05) is 5.32 Å². The first-order valence-corrected chi connectivity index (χ1v) is 9.15. The first-order chi connectivity index (χ1) is 12.5. The van der Waals surface area contributed by atoms with E-state index in [1.807, 2.05) is 30.3 Å². The summed E-state index contributed by atoms with van der Waals surface area (Å²) in [6.07, 6.45) is 2.53. The number of H-pyrrole nitrogens is 1. The van der Waals surface area contributed by atoms with Crippen molar-refractivity contribution in [3.63, 3.8) is 0 Å². The van der Waals surface area contributed by atoms with Gasteiger partial charge >= 0.3 is 0 Å². The van der Waals surface area contributed by atoms with E-state index < -0.39 is 0 Å². The summed E-state index contributed by atoms with van der Waals surface area (Å²) < 4.78 is 0.407. The summed E-state index contributed by atoms with van der Waals surface area (Å²) in [5, 5.41) is 3.48. The number of hydrogen-bond acceptors (Lipinski definition) is 2. The first kappa shape index (κ1) is 18.4. The molecular weight excluding hydrogens is 364 g/mol. The van der Waals surface area contributed by atoms with Crippen molar-refractivity contribution in [3.05, 3.63) is 93.2 Å². The van der Waals surface area contributed by atoms with Gasteiger partial charge in [0, 0.05) is 16.9 Å². The number of anilines is 1. The Labute approximate surface area is 163 Å². The van der Waals surface area contributed by atoms with Crippen LogP contribution >= 0.6 is 23.8 Å². The number of amides is 1. The molecule has 0 fully saturated rings. The lowest BCUT2D eigenvalue weighted by Gasteiger charge is -2.14. The van der Waals surface area contributed by atoms with Gasteiger partial charge in [0.15, 0.2) is 0 Å². The average molecular weight is 383 g/mol. The van der Waals surface area contributed by atoms with Crippen molar-refractivity contribution in [3.8, 4) is 0 Å². The number of benzene rings is 2. The number of hydrogen-bond donors (Lipinski definition) is 2. The second kappa shape index (κ2) is 8.30. The fourth-order valence-electron chi connectivity index (χ4n) is 2.82. The maximum Gasteiger partial charge on any atom is 0.258 e. The summed E-state index contributed by atoms with van der Waals surface area (Å²) in [5.74, 6) is 0.102. The Hall–Kier alpha value is -2.43. The van der Waals surface area contributed by atoms with Crippen LogP contribution in [0.25, 0.3) is 0 Å². The molecule has 2 aromatic carbocycles. The molecule has 1 aromatic heterocycles. The van der Waals surface area contributed by atoms with Crippen LogP contribution in [0.5, 0.6) is 0 Å². The summed E-state index contributed by atoms with van der Waals surface area (Å²) in [4.78, 5) is 15.2. The number of aromatic nitrogens is 1. The molecule has 1 heterocycles. The highest BCUT2D eigenvalue weighted by Gasteiger charge is 2.12. The van der Waals surface area contributed by atoms with E-state index in [1.54, 1.807) is 24.4 Å². The number of carbonyl (C=O) groups excluding carboxylic acids is 1. The summed E-state index contributed by atoms with van der Waals surface area (Å²) >= 11 is 11.6. The van der Waals surface area contributed by atoms with E-state index in [0.717, 1.165) is 12.0 Å². The van der Waals surface area contributed by atoms with Gasteiger partial charge in [0.25, 0.3) is 5.91 Å². The van der Waals surface area contributed by atoms with Crippen LogP contribution in [-0.2, 0) is 6.42 Å². The minimum absolute atomic E-state index is 0.256. The minimum atomic E-state index is -0.256. The van der Waals surface area contributed by atoms with Crippen LogP contribution in [0.1, 0.15) is 34.3 Å².